The molecular formula is C12H16N2. The predicted molar refractivity (Wildman–Crippen MR) is 58.8 cm³/mol. The molecule has 1 rings (SSSR count). The van der Waals surface area contributed by atoms with Crippen molar-refractivity contribution in [2.45, 2.75) is 19.9 Å². The molecule has 14 heavy (non-hydrogen) atoms. The van der Waals surface area contributed by atoms with Crippen LogP contribution >= 0.6 is 0 Å². The molecule has 0 aliphatic rings. The van der Waals surface area contributed by atoms with Crippen molar-refractivity contribution in [3.8, 4) is 12.3 Å². The maximum absolute atomic E-state index is 5.20. The zero-order chi connectivity index (χ0) is 10.4. The predicted octanol–water partition coefficient (Wildman–Crippen LogP) is 1.85. The first-order valence-corrected chi connectivity index (χ1v) is 4.77. The van der Waals surface area contributed by atoms with Gasteiger partial charge in [-0.05, 0) is 26.1 Å². The Bertz CT molecular complexity index is 325. The molecule has 0 unspecified atom stereocenters. The van der Waals surface area contributed by atoms with Gasteiger partial charge in [0, 0.05) is 25.2 Å². The Morgan fingerprint density at radius 1 is 1.50 bits per heavy atom. The lowest BCUT2D eigenvalue weighted by Gasteiger charge is -2.14. The topological polar surface area (TPSA) is 16.1 Å². The molecule has 0 N–H and O–H groups in total. The van der Waals surface area contributed by atoms with Gasteiger partial charge in [-0.15, -0.1) is 12.3 Å². The minimum atomic E-state index is 0.794. The lowest BCUT2D eigenvalue weighted by atomic mass is 10.3. The van der Waals surface area contributed by atoms with E-state index in [4.69, 9.17) is 6.42 Å². The SMILES string of the molecule is C#CCCN(C)Cc1cccc(C)n1. The highest BCUT2D eigenvalue weighted by Crippen LogP contribution is 2.01. The molecule has 0 bridgehead atoms. The smallest absolute Gasteiger partial charge is 0.0547 e. The van der Waals surface area contributed by atoms with E-state index in [1.165, 1.54) is 0 Å². The van der Waals surface area contributed by atoms with E-state index in [1.807, 2.05) is 25.1 Å². The highest BCUT2D eigenvalue weighted by molar-refractivity contribution is 5.09. The molecule has 1 aromatic heterocycles. The maximum Gasteiger partial charge on any atom is 0.0547 e. The zero-order valence-electron chi connectivity index (χ0n) is 8.83. The Hall–Kier alpha value is -1.33. The van der Waals surface area contributed by atoms with Gasteiger partial charge in [0.25, 0.3) is 0 Å². The number of rotatable bonds is 4. The average molecular weight is 188 g/mol. The van der Waals surface area contributed by atoms with Gasteiger partial charge in [0.2, 0.25) is 0 Å². The van der Waals surface area contributed by atoms with E-state index in [9.17, 15) is 0 Å². The van der Waals surface area contributed by atoms with Crippen molar-refractivity contribution in [2.24, 2.45) is 0 Å². The average Bonchev–Trinajstić information content (AvgIpc) is 2.15. The Labute approximate surface area is 86.0 Å². The lowest BCUT2D eigenvalue weighted by Crippen LogP contribution is -2.19. The summed E-state index contributed by atoms with van der Waals surface area (Å²) in [4.78, 5) is 6.61. The Morgan fingerprint density at radius 3 is 2.93 bits per heavy atom. The summed E-state index contributed by atoms with van der Waals surface area (Å²) in [6, 6.07) is 6.08. The van der Waals surface area contributed by atoms with Gasteiger partial charge in [-0.25, -0.2) is 0 Å². The van der Waals surface area contributed by atoms with Crippen LogP contribution in [0.2, 0.25) is 0 Å². The van der Waals surface area contributed by atoms with E-state index in [2.05, 4.69) is 22.9 Å². The van der Waals surface area contributed by atoms with Crippen molar-refractivity contribution in [3.05, 3.63) is 29.6 Å². The molecule has 0 spiro atoms. The first-order valence-electron chi connectivity index (χ1n) is 4.77. The van der Waals surface area contributed by atoms with Crippen LogP contribution < -0.4 is 0 Å². The summed E-state index contributed by atoms with van der Waals surface area (Å²) in [7, 11) is 2.06. The van der Waals surface area contributed by atoms with E-state index in [-0.39, 0.29) is 0 Å². The number of aromatic nitrogens is 1. The Kier molecular flexibility index (Phi) is 4.15. The van der Waals surface area contributed by atoms with Crippen LogP contribution in [-0.2, 0) is 6.54 Å². The molecule has 0 aliphatic heterocycles. The fourth-order valence-corrected chi connectivity index (χ4v) is 1.30. The monoisotopic (exact) mass is 188 g/mol. The van der Waals surface area contributed by atoms with E-state index in [0.29, 0.717) is 0 Å². The third kappa shape index (κ3) is 3.59. The normalized spacial score (nSPS) is 10.1. The molecule has 0 saturated carbocycles. The van der Waals surface area contributed by atoms with E-state index in [0.717, 1.165) is 30.9 Å². The molecule has 1 aromatic rings. The number of aryl methyl sites for hydroxylation is 1. The van der Waals surface area contributed by atoms with Gasteiger partial charge in [0.05, 0.1) is 5.69 Å². The maximum atomic E-state index is 5.20. The minimum absolute atomic E-state index is 0.794. The summed E-state index contributed by atoms with van der Waals surface area (Å²) in [6.07, 6.45) is 6.00. The quantitative estimate of drug-likeness (QED) is 0.670. The van der Waals surface area contributed by atoms with Gasteiger partial charge < -0.3 is 0 Å². The zero-order valence-corrected chi connectivity index (χ0v) is 8.83. The van der Waals surface area contributed by atoms with Crippen LogP contribution in [-0.4, -0.2) is 23.5 Å². The minimum Gasteiger partial charge on any atom is -0.300 e. The van der Waals surface area contributed by atoms with Gasteiger partial charge in [-0.2, -0.15) is 0 Å². The summed E-state index contributed by atoms with van der Waals surface area (Å²) >= 11 is 0. The Balaban J connectivity index is 2.48. The van der Waals surface area contributed by atoms with E-state index < -0.39 is 0 Å². The van der Waals surface area contributed by atoms with Gasteiger partial charge in [-0.1, -0.05) is 6.07 Å². The van der Waals surface area contributed by atoms with Gasteiger partial charge in [0.1, 0.15) is 0 Å². The third-order valence-corrected chi connectivity index (χ3v) is 2.02. The third-order valence-electron chi connectivity index (χ3n) is 2.02. The van der Waals surface area contributed by atoms with Crippen LogP contribution in [0.4, 0.5) is 0 Å². The summed E-state index contributed by atoms with van der Waals surface area (Å²) in [5.74, 6) is 2.63. The number of hydrogen-bond donors (Lipinski definition) is 0. The molecule has 0 atom stereocenters. The first kappa shape index (κ1) is 10.7. The highest BCUT2D eigenvalue weighted by Gasteiger charge is 2.00. The fourth-order valence-electron chi connectivity index (χ4n) is 1.30. The molecule has 0 aliphatic carbocycles. The molecule has 0 radical (unpaired) electrons. The molecule has 74 valence electrons. The molecule has 2 heteroatoms. The highest BCUT2D eigenvalue weighted by atomic mass is 15.1. The van der Waals surface area contributed by atoms with E-state index in [1.54, 1.807) is 0 Å². The van der Waals surface area contributed by atoms with Crippen LogP contribution in [0.1, 0.15) is 17.8 Å². The molecule has 0 saturated heterocycles. The summed E-state index contributed by atoms with van der Waals surface area (Å²) < 4.78 is 0. The van der Waals surface area contributed by atoms with Crippen LogP contribution in [0.15, 0.2) is 18.2 Å². The first-order chi connectivity index (χ1) is 6.72. The second kappa shape index (κ2) is 5.41. The fraction of sp³-hybridized carbons (Fsp3) is 0.417. The van der Waals surface area contributed by atoms with Crippen molar-refractivity contribution in [3.63, 3.8) is 0 Å². The lowest BCUT2D eigenvalue weighted by molar-refractivity contribution is 0.331. The summed E-state index contributed by atoms with van der Waals surface area (Å²) in [5, 5.41) is 0. The van der Waals surface area contributed by atoms with E-state index >= 15 is 0 Å². The van der Waals surface area contributed by atoms with Crippen LogP contribution in [0.25, 0.3) is 0 Å². The summed E-state index contributed by atoms with van der Waals surface area (Å²) in [6.45, 7) is 3.79. The number of nitrogens with zero attached hydrogens (tertiary/aromatic N) is 2. The van der Waals surface area contributed by atoms with Crippen molar-refractivity contribution in [1.82, 2.24) is 9.88 Å². The van der Waals surface area contributed by atoms with Crippen LogP contribution in [0, 0.1) is 19.3 Å². The second-order valence-electron chi connectivity index (χ2n) is 3.46. The number of terminal acetylenes is 1. The van der Waals surface area contributed by atoms with Gasteiger partial charge in [0.15, 0.2) is 0 Å². The van der Waals surface area contributed by atoms with Crippen molar-refractivity contribution in [1.29, 1.82) is 0 Å². The largest absolute Gasteiger partial charge is 0.300 e. The second-order valence-corrected chi connectivity index (χ2v) is 3.46. The number of hydrogen-bond acceptors (Lipinski definition) is 2. The molecular weight excluding hydrogens is 172 g/mol. The molecule has 2 nitrogen and oxygen atoms in total. The standard InChI is InChI=1S/C12H16N2/c1-4-5-9-14(3)10-12-8-6-7-11(2)13-12/h1,6-8H,5,9-10H2,2-3H3. The van der Waals surface area contributed by atoms with Gasteiger partial charge >= 0.3 is 0 Å². The summed E-state index contributed by atoms with van der Waals surface area (Å²) in [5.41, 5.74) is 2.16. The Morgan fingerprint density at radius 2 is 2.29 bits per heavy atom. The van der Waals surface area contributed by atoms with Crippen LogP contribution in [0.3, 0.4) is 0 Å². The van der Waals surface area contributed by atoms with Crippen LogP contribution in [0.5, 0.6) is 0 Å². The molecule has 1 heterocycles. The van der Waals surface area contributed by atoms with Gasteiger partial charge in [-0.3, -0.25) is 9.88 Å². The molecule has 0 fully saturated rings. The van der Waals surface area contributed by atoms with Crippen molar-refractivity contribution < 1.29 is 0 Å². The van der Waals surface area contributed by atoms with Crippen molar-refractivity contribution in [2.75, 3.05) is 13.6 Å². The molecule has 0 aromatic carbocycles. The van der Waals surface area contributed by atoms with Crippen molar-refractivity contribution >= 4 is 0 Å². The molecule has 0 amide bonds. The number of pyridine rings is 1.